The average molecular weight is 456 g/mol. The van der Waals surface area contributed by atoms with Crippen LogP contribution in [0.15, 0.2) is 76.5 Å². The molecule has 0 aromatic heterocycles. The molecule has 0 fully saturated rings. The molecule has 0 aliphatic rings. The molecule has 9 heteroatoms. The predicted octanol–water partition coefficient (Wildman–Crippen LogP) is 3.98. The van der Waals surface area contributed by atoms with Crippen LogP contribution in [0.5, 0.6) is 0 Å². The summed E-state index contributed by atoms with van der Waals surface area (Å²) in [6.07, 6.45) is 0. The zero-order valence-electron chi connectivity index (χ0n) is 17.5. The summed E-state index contributed by atoms with van der Waals surface area (Å²) >= 11 is 0. The Labute approximate surface area is 185 Å². The number of rotatable bonds is 7. The maximum atomic E-state index is 13.9. The molecule has 2 amide bonds. The van der Waals surface area contributed by atoms with E-state index < -0.39 is 21.6 Å². The fourth-order valence-corrected chi connectivity index (χ4v) is 4.38. The first-order valence-corrected chi connectivity index (χ1v) is 11.2. The van der Waals surface area contributed by atoms with Crippen molar-refractivity contribution in [2.24, 2.45) is 0 Å². The van der Waals surface area contributed by atoms with Crippen LogP contribution in [0.2, 0.25) is 0 Å². The highest BCUT2D eigenvalue weighted by molar-refractivity contribution is 7.91. The van der Waals surface area contributed by atoms with Crippen LogP contribution in [0.4, 0.5) is 21.5 Å². The maximum absolute atomic E-state index is 13.9. The van der Waals surface area contributed by atoms with Gasteiger partial charge in [0.25, 0.3) is 0 Å². The van der Waals surface area contributed by atoms with E-state index >= 15 is 0 Å². The minimum Gasteiger partial charge on any atom is -0.375 e. The van der Waals surface area contributed by atoms with Crippen LogP contribution in [-0.4, -0.2) is 26.8 Å². The number of amides is 2. The Morgan fingerprint density at radius 3 is 2.06 bits per heavy atom. The molecule has 0 unspecified atom stereocenters. The molecule has 0 bridgehead atoms. The van der Waals surface area contributed by atoms with Gasteiger partial charge in [-0.2, -0.15) is 0 Å². The Morgan fingerprint density at radius 2 is 1.47 bits per heavy atom. The predicted molar refractivity (Wildman–Crippen MR) is 121 cm³/mol. The standard InChI is InChI=1S/C23H22FN3O4S/c1-15-3-10-20(11-4-15)32(30,31)22-13-17(24)5-12-21(22)25-14-23(29)27-19-8-6-18(7-9-19)26-16(2)28/h3-13,25H,14H2,1-2H3,(H,26,28)(H,27,29). The summed E-state index contributed by atoms with van der Waals surface area (Å²) in [6.45, 7) is 2.98. The van der Waals surface area contributed by atoms with Gasteiger partial charge in [-0.05, 0) is 61.5 Å². The monoisotopic (exact) mass is 455 g/mol. The highest BCUT2D eigenvalue weighted by atomic mass is 32.2. The SMILES string of the molecule is CC(=O)Nc1ccc(NC(=O)CNc2ccc(F)cc2S(=O)(=O)c2ccc(C)cc2)cc1. The van der Waals surface area contributed by atoms with Gasteiger partial charge in [0.2, 0.25) is 21.7 Å². The van der Waals surface area contributed by atoms with Crippen LogP contribution in [-0.2, 0) is 19.4 Å². The van der Waals surface area contributed by atoms with Crippen LogP contribution >= 0.6 is 0 Å². The minimum absolute atomic E-state index is 0.0282. The van der Waals surface area contributed by atoms with Gasteiger partial charge in [0.05, 0.1) is 22.0 Å². The molecule has 0 aliphatic carbocycles. The van der Waals surface area contributed by atoms with Crippen molar-refractivity contribution in [3.63, 3.8) is 0 Å². The van der Waals surface area contributed by atoms with Gasteiger partial charge >= 0.3 is 0 Å². The molecule has 3 aromatic carbocycles. The minimum atomic E-state index is -4.00. The summed E-state index contributed by atoms with van der Waals surface area (Å²) in [5.74, 6) is -1.34. The van der Waals surface area contributed by atoms with Crippen LogP contribution < -0.4 is 16.0 Å². The first-order chi connectivity index (χ1) is 15.1. The molecule has 0 radical (unpaired) electrons. The van der Waals surface area contributed by atoms with Crippen molar-refractivity contribution in [2.45, 2.75) is 23.6 Å². The Hall–Kier alpha value is -3.72. The van der Waals surface area contributed by atoms with E-state index in [-0.39, 0.29) is 27.9 Å². The number of anilines is 3. The Bertz CT molecular complexity index is 1240. The van der Waals surface area contributed by atoms with Gasteiger partial charge in [-0.3, -0.25) is 9.59 Å². The van der Waals surface area contributed by atoms with Crippen molar-refractivity contribution in [3.05, 3.63) is 78.1 Å². The van der Waals surface area contributed by atoms with Gasteiger partial charge in [-0.25, -0.2) is 12.8 Å². The fraction of sp³-hybridized carbons (Fsp3) is 0.130. The molecule has 3 rings (SSSR count). The second-order valence-electron chi connectivity index (χ2n) is 7.12. The van der Waals surface area contributed by atoms with E-state index in [1.165, 1.54) is 25.1 Å². The number of nitrogens with one attached hydrogen (secondary N) is 3. The lowest BCUT2D eigenvalue weighted by Crippen LogP contribution is -2.22. The van der Waals surface area contributed by atoms with Crippen molar-refractivity contribution >= 4 is 38.7 Å². The van der Waals surface area contributed by atoms with E-state index in [0.717, 1.165) is 17.7 Å². The number of hydrogen-bond acceptors (Lipinski definition) is 5. The summed E-state index contributed by atoms with van der Waals surface area (Å²) in [5.41, 5.74) is 2.09. The number of benzene rings is 3. The van der Waals surface area contributed by atoms with Gasteiger partial charge in [0.1, 0.15) is 5.82 Å². The molecule has 7 nitrogen and oxygen atoms in total. The number of sulfone groups is 1. The first kappa shape index (κ1) is 23.0. The molecule has 3 N–H and O–H groups in total. The van der Waals surface area contributed by atoms with Crippen molar-refractivity contribution in [3.8, 4) is 0 Å². The van der Waals surface area contributed by atoms with Crippen LogP contribution in [0.25, 0.3) is 0 Å². The number of halogens is 1. The van der Waals surface area contributed by atoms with Gasteiger partial charge in [-0.1, -0.05) is 17.7 Å². The summed E-state index contributed by atoms with van der Waals surface area (Å²) < 4.78 is 39.9. The fourth-order valence-electron chi connectivity index (χ4n) is 2.93. The zero-order valence-corrected chi connectivity index (χ0v) is 18.3. The third-order valence-electron chi connectivity index (χ3n) is 4.49. The summed E-state index contributed by atoms with van der Waals surface area (Å²) in [5, 5.41) is 8.05. The number of aryl methyl sites for hydroxylation is 1. The molecular formula is C23H22FN3O4S. The molecule has 0 saturated heterocycles. The third kappa shape index (κ3) is 5.70. The Kier molecular flexibility index (Phi) is 6.89. The van der Waals surface area contributed by atoms with Crippen LogP contribution in [0, 0.1) is 12.7 Å². The van der Waals surface area contributed by atoms with E-state index in [4.69, 9.17) is 0 Å². The number of carbonyl (C=O) groups is 2. The second kappa shape index (κ2) is 9.61. The second-order valence-corrected chi connectivity index (χ2v) is 9.04. The molecule has 166 valence electrons. The van der Waals surface area contributed by atoms with E-state index in [1.54, 1.807) is 36.4 Å². The highest BCUT2D eigenvalue weighted by Gasteiger charge is 2.22. The topological polar surface area (TPSA) is 104 Å². The van der Waals surface area contributed by atoms with Crippen molar-refractivity contribution in [1.82, 2.24) is 0 Å². The summed E-state index contributed by atoms with van der Waals surface area (Å²) in [4.78, 5) is 23.2. The molecule has 0 saturated carbocycles. The lowest BCUT2D eigenvalue weighted by Gasteiger charge is -2.13. The highest BCUT2D eigenvalue weighted by Crippen LogP contribution is 2.28. The first-order valence-electron chi connectivity index (χ1n) is 9.68. The molecule has 0 aliphatic heterocycles. The van der Waals surface area contributed by atoms with Gasteiger partial charge < -0.3 is 16.0 Å². The van der Waals surface area contributed by atoms with Crippen LogP contribution in [0.3, 0.4) is 0 Å². The molecule has 0 spiro atoms. The molecule has 32 heavy (non-hydrogen) atoms. The summed E-state index contributed by atoms with van der Waals surface area (Å²) in [7, 11) is -4.00. The quantitative estimate of drug-likeness (QED) is 0.500. The largest absolute Gasteiger partial charge is 0.375 e. The number of hydrogen-bond donors (Lipinski definition) is 3. The van der Waals surface area contributed by atoms with Crippen molar-refractivity contribution < 1.29 is 22.4 Å². The van der Waals surface area contributed by atoms with Gasteiger partial charge in [0, 0.05) is 18.3 Å². The third-order valence-corrected chi connectivity index (χ3v) is 6.30. The van der Waals surface area contributed by atoms with Crippen molar-refractivity contribution in [1.29, 1.82) is 0 Å². The molecule has 0 heterocycles. The Morgan fingerprint density at radius 1 is 0.875 bits per heavy atom. The van der Waals surface area contributed by atoms with E-state index in [2.05, 4.69) is 16.0 Å². The number of carbonyl (C=O) groups excluding carboxylic acids is 2. The normalized spacial score (nSPS) is 11.0. The van der Waals surface area contributed by atoms with E-state index in [1.807, 2.05) is 6.92 Å². The molecule has 0 atom stereocenters. The smallest absolute Gasteiger partial charge is 0.243 e. The lowest BCUT2D eigenvalue weighted by molar-refractivity contribution is -0.115. The summed E-state index contributed by atoms with van der Waals surface area (Å²) in [6, 6.07) is 16.1. The van der Waals surface area contributed by atoms with E-state index in [9.17, 15) is 22.4 Å². The zero-order chi connectivity index (χ0) is 23.3. The molecule has 3 aromatic rings. The Balaban J connectivity index is 1.73. The average Bonchev–Trinajstić information content (AvgIpc) is 2.74. The van der Waals surface area contributed by atoms with Crippen LogP contribution in [0.1, 0.15) is 12.5 Å². The van der Waals surface area contributed by atoms with Crippen molar-refractivity contribution in [2.75, 3.05) is 22.5 Å². The van der Waals surface area contributed by atoms with Gasteiger partial charge in [0.15, 0.2) is 0 Å². The van der Waals surface area contributed by atoms with E-state index in [0.29, 0.717) is 11.4 Å². The molecular weight excluding hydrogens is 433 g/mol. The maximum Gasteiger partial charge on any atom is 0.243 e. The van der Waals surface area contributed by atoms with Gasteiger partial charge in [-0.15, -0.1) is 0 Å². The lowest BCUT2D eigenvalue weighted by atomic mass is 10.2.